The molecule has 1 aromatic heterocycles. The van der Waals surface area contributed by atoms with Gasteiger partial charge in [0.1, 0.15) is 16.9 Å². The summed E-state index contributed by atoms with van der Waals surface area (Å²) in [6.07, 6.45) is 1.95. The third-order valence-electron chi connectivity index (χ3n) is 3.45. The monoisotopic (exact) mass is 319 g/mol. The summed E-state index contributed by atoms with van der Waals surface area (Å²) in [5, 5.41) is 12.2. The predicted molar refractivity (Wildman–Crippen MR) is 83.3 cm³/mol. The Kier molecular flexibility index (Phi) is 4.65. The molecule has 0 radical (unpaired) electrons. The molecule has 7 heteroatoms. The van der Waals surface area contributed by atoms with Gasteiger partial charge in [0.05, 0.1) is 7.11 Å². The number of amides is 1. The van der Waals surface area contributed by atoms with E-state index >= 15 is 0 Å². The van der Waals surface area contributed by atoms with E-state index in [4.69, 9.17) is 9.47 Å². The number of methoxy groups -OCH3 is 1. The van der Waals surface area contributed by atoms with Crippen molar-refractivity contribution < 1.29 is 14.3 Å². The second-order valence-electron chi connectivity index (χ2n) is 4.98. The number of para-hydroxylation sites is 1. The fourth-order valence-electron chi connectivity index (χ4n) is 2.36. The number of rotatable bonds is 5. The van der Waals surface area contributed by atoms with E-state index < -0.39 is 0 Å². The molecule has 1 amide bonds. The normalized spacial score (nSPS) is 17.4. The molecule has 0 spiro atoms. The van der Waals surface area contributed by atoms with Gasteiger partial charge in [0.15, 0.2) is 0 Å². The molecule has 6 nitrogen and oxygen atoms in total. The average Bonchev–Trinajstić information content (AvgIpc) is 3.20. The van der Waals surface area contributed by atoms with E-state index in [1.54, 1.807) is 7.11 Å². The first-order valence-corrected chi connectivity index (χ1v) is 7.94. The summed E-state index contributed by atoms with van der Waals surface area (Å²) < 4.78 is 10.7. The van der Waals surface area contributed by atoms with E-state index in [2.05, 4.69) is 15.5 Å². The highest BCUT2D eigenvalue weighted by atomic mass is 32.1. The minimum Gasteiger partial charge on any atom is -0.496 e. The number of benzene rings is 1. The van der Waals surface area contributed by atoms with E-state index in [-0.39, 0.29) is 12.0 Å². The predicted octanol–water partition coefficient (Wildman–Crippen LogP) is 2.25. The summed E-state index contributed by atoms with van der Waals surface area (Å²) in [4.78, 5) is 12.0. The summed E-state index contributed by atoms with van der Waals surface area (Å²) in [6.45, 7) is 0.646. The summed E-state index contributed by atoms with van der Waals surface area (Å²) in [7, 11) is 1.65. The highest BCUT2D eigenvalue weighted by Crippen LogP contribution is 2.24. The van der Waals surface area contributed by atoms with Gasteiger partial charge in [0.25, 0.3) is 5.91 Å². The number of carbonyl (C=O) groups is 1. The second-order valence-corrected chi connectivity index (χ2v) is 6.04. The SMILES string of the molecule is COc1ccccc1Cc1nnc(NC(=O)C2CCCO2)s1. The lowest BCUT2D eigenvalue weighted by atomic mass is 10.1. The van der Waals surface area contributed by atoms with Crippen LogP contribution in [0.25, 0.3) is 0 Å². The van der Waals surface area contributed by atoms with Crippen LogP contribution in [0.4, 0.5) is 5.13 Å². The minimum atomic E-state index is -0.360. The minimum absolute atomic E-state index is 0.141. The van der Waals surface area contributed by atoms with Crippen LogP contribution in [-0.2, 0) is 16.0 Å². The largest absolute Gasteiger partial charge is 0.496 e. The Morgan fingerprint density at radius 3 is 3.09 bits per heavy atom. The molecule has 1 aromatic carbocycles. The lowest BCUT2D eigenvalue weighted by molar-refractivity contribution is -0.124. The van der Waals surface area contributed by atoms with Crippen LogP contribution in [0.5, 0.6) is 5.75 Å². The van der Waals surface area contributed by atoms with Gasteiger partial charge >= 0.3 is 0 Å². The first-order chi connectivity index (χ1) is 10.8. The van der Waals surface area contributed by atoms with Gasteiger partial charge in [-0.3, -0.25) is 10.1 Å². The maximum atomic E-state index is 12.0. The van der Waals surface area contributed by atoms with Crippen molar-refractivity contribution in [2.75, 3.05) is 19.0 Å². The number of anilines is 1. The van der Waals surface area contributed by atoms with Crippen LogP contribution in [0.15, 0.2) is 24.3 Å². The van der Waals surface area contributed by atoms with Gasteiger partial charge in [-0.1, -0.05) is 29.5 Å². The second kappa shape index (κ2) is 6.85. The molecule has 22 heavy (non-hydrogen) atoms. The van der Waals surface area contributed by atoms with Gasteiger partial charge in [-0.25, -0.2) is 0 Å². The first-order valence-electron chi connectivity index (χ1n) is 7.13. The van der Waals surface area contributed by atoms with E-state index in [0.717, 1.165) is 29.2 Å². The van der Waals surface area contributed by atoms with Gasteiger partial charge in [-0.15, -0.1) is 10.2 Å². The number of nitrogens with one attached hydrogen (secondary N) is 1. The van der Waals surface area contributed by atoms with Crippen molar-refractivity contribution in [1.82, 2.24) is 10.2 Å². The fourth-order valence-corrected chi connectivity index (χ4v) is 3.12. The van der Waals surface area contributed by atoms with Crippen molar-refractivity contribution >= 4 is 22.4 Å². The Bertz CT molecular complexity index is 653. The molecule has 1 aliphatic heterocycles. The van der Waals surface area contributed by atoms with Crippen LogP contribution in [0.1, 0.15) is 23.4 Å². The number of ether oxygens (including phenoxy) is 2. The van der Waals surface area contributed by atoms with E-state index in [1.807, 2.05) is 24.3 Å². The highest BCUT2D eigenvalue weighted by molar-refractivity contribution is 7.15. The van der Waals surface area contributed by atoms with Crippen LogP contribution in [0.3, 0.4) is 0 Å². The third kappa shape index (κ3) is 3.42. The van der Waals surface area contributed by atoms with Gasteiger partial charge in [0, 0.05) is 18.6 Å². The molecule has 3 rings (SSSR count). The molecule has 1 aliphatic rings. The molecule has 2 heterocycles. The molecule has 1 atom stereocenters. The number of nitrogens with zero attached hydrogens (tertiary/aromatic N) is 2. The Morgan fingerprint density at radius 2 is 2.32 bits per heavy atom. The van der Waals surface area contributed by atoms with Gasteiger partial charge in [-0.2, -0.15) is 0 Å². The topological polar surface area (TPSA) is 73.3 Å². The molecule has 116 valence electrons. The zero-order valence-corrected chi connectivity index (χ0v) is 13.1. The number of aromatic nitrogens is 2. The molecular formula is C15H17N3O3S. The number of hydrogen-bond donors (Lipinski definition) is 1. The zero-order chi connectivity index (χ0) is 15.4. The molecule has 0 aliphatic carbocycles. The van der Waals surface area contributed by atoms with Gasteiger partial charge < -0.3 is 9.47 Å². The molecule has 1 fully saturated rings. The van der Waals surface area contributed by atoms with Crippen molar-refractivity contribution in [3.05, 3.63) is 34.8 Å². The maximum Gasteiger partial charge on any atom is 0.255 e. The van der Waals surface area contributed by atoms with Crippen molar-refractivity contribution in [2.24, 2.45) is 0 Å². The van der Waals surface area contributed by atoms with Crippen LogP contribution >= 0.6 is 11.3 Å². The van der Waals surface area contributed by atoms with Crippen molar-refractivity contribution in [3.8, 4) is 5.75 Å². The summed E-state index contributed by atoms with van der Waals surface area (Å²) in [5.41, 5.74) is 1.04. The smallest absolute Gasteiger partial charge is 0.255 e. The Morgan fingerprint density at radius 1 is 1.45 bits per heavy atom. The standard InChI is InChI=1S/C15H17N3O3S/c1-20-11-6-3-2-5-10(11)9-13-17-18-15(22-13)16-14(19)12-7-4-8-21-12/h2-3,5-6,12H,4,7-9H2,1H3,(H,16,18,19). The first kappa shape index (κ1) is 14.9. The summed E-state index contributed by atoms with van der Waals surface area (Å²) in [6, 6.07) is 7.79. The molecule has 1 unspecified atom stereocenters. The molecule has 0 saturated carbocycles. The number of carbonyl (C=O) groups excluding carboxylic acids is 1. The lowest BCUT2D eigenvalue weighted by Crippen LogP contribution is -2.26. The zero-order valence-electron chi connectivity index (χ0n) is 12.2. The maximum absolute atomic E-state index is 12.0. The molecule has 0 bridgehead atoms. The summed E-state index contributed by atoms with van der Waals surface area (Å²) >= 11 is 1.37. The Hall–Kier alpha value is -1.99. The summed E-state index contributed by atoms with van der Waals surface area (Å²) in [5.74, 6) is 0.681. The van der Waals surface area contributed by atoms with Crippen LogP contribution < -0.4 is 10.1 Å². The van der Waals surface area contributed by atoms with Crippen LogP contribution in [0.2, 0.25) is 0 Å². The van der Waals surface area contributed by atoms with E-state index in [9.17, 15) is 4.79 Å². The lowest BCUT2D eigenvalue weighted by Gasteiger charge is -2.07. The quantitative estimate of drug-likeness (QED) is 0.915. The molecule has 1 N–H and O–H groups in total. The fraction of sp³-hybridized carbons (Fsp3) is 0.400. The average molecular weight is 319 g/mol. The van der Waals surface area contributed by atoms with Gasteiger partial charge in [-0.05, 0) is 18.9 Å². The van der Waals surface area contributed by atoms with Crippen molar-refractivity contribution in [1.29, 1.82) is 0 Å². The highest BCUT2D eigenvalue weighted by Gasteiger charge is 2.24. The van der Waals surface area contributed by atoms with Crippen molar-refractivity contribution in [3.63, 3.8) is 0 Å². The molecule has 1 saturated heterocycles. The Labute approximate surface area is 132 Å². The third-order valence-corrected chi connectivity index (χ3v) is 4.29. The van der Waals surface area contributed by atoms with Crippen LogP contribution in [0, 0.1) is 0 Å². The van der Waals surface area contributed by atoms with Crippen LogP contribution in [-0.4, -0.2) is 35.9 Å². The Balaban J connectivity index is 1.64. The number of hydrogen-bond acceptors (Lipinski definition) is 6. The molecular weight excluding hydrogens is 302 g/mol. The molecule has 2 aromatic rings. The van der Waals surface area contributed by atoms with E-state index in [1.165, 1.54) is 11.3 Å². The van der Waals surface area contributed by atoms with Gasteiger partial charge in [0.2, 0.25) is 5.13 Å². The van der Waals surface area contributed by atoms with Crippen molar-refractivity contribution in [2.45, 2.75) is 25.4 Å². The van der Waals surface area contributed by atoms with E-state index in [0.29, 0.717) is 18.2 Å².